The van der Waals surface area contributed by atoms with Gasteiger partial charge < -0.3 is 10.2 Å². The predicted molar refractivity (Wildman–Crippen MR) is 80.6 cm³/mol. The van der Waals surface area contributed by atoms with Gasteiger partial charge in [-0.15, -0.1) is 0 Å². The van der Waals surface area contributed by atoms with Crippen LogP contribution in [0.3, 0.4) is 0 Å². The largest absolute Gasteiger partial charge is 0.367 e. The second kappa shape index (κ2) is 6.10. The lowest BCUT2D eigenvalue weighted by Gasteiger charge is -2.44. The first-order chi connectivity index (χ1) is 9.75. The van der Waals surface area contributed by atoms with E-state index in [4.69, 9.17) is 0 Å². The van der Waals surface area contributed by atoms with Gasteiger partial charge in [0, 0.05) is 38.8 Å². The highest BCUT2D eigenvalue weighted by molar-refractivity contribution is 5.48. The molecule has 3 nitrogen and oxygen atoms in total. The summed E-state index contributed by atoms with van der Waals surface area (Å²) in [5.74, 6) is 0.657. The maximum atomic E-state index is 13.8. The van der Waals surface area contributed by atoms with Crippen molar-refractivity contribution in [1.29, 1.82) is 0 Å². The molecule has 2 aliphatic heterocycles. The zero-order valence-electron chi connectivity index (χ0n) is 12.2. The van der Waals surface area contributed by atoms with Gasteiger partial charge in [0.1, 0.15) is 5.82 Å². The van der Waals surface area contributed by atoms with Gasteiger partial charge in [0.05, 0.1) is 5.69 Å². The van der Waals surface area contributed by atoms with Crippen LogP contribution in [-0.2, 0) is 0 Å². The van der Waals surface area contributed by atoms with Gasteiger partial charge in [0.25, 0.3) is 0 Å². The summed E-state index contributed by atoms with van der Waals surface area (Å²) >= 11 is 0. The van der Waals surface area contributed by atoms with Crippen molar-refractivity contribution >= 4 is 5.69 Å². The number of hydrogen-bond acceptors (Lipinski definition) is 3. The van der Waals surface area contributed by atoms with Gasteiger partial charge in [-0.25, -0.2) is 4.39 Å². The van der Waals surface area contributed by atoms with Crippen LogP contribution in [-0.4, -0.2) is 50.2 Å². The molecule has 3 rings (SSSR count). The summed E-state index contributed by atoms with van der Waals surface area (Å²) in [5.41, 5.74) is 0.752. The highest BCUT2D eigenvalue weighted by Crippen LogP contribution is 2.23. The Balaban J connectivity index is 1.61. The van der Waals surface area contributed by atoms with Gasteiger partial charge in [-0.3, -0.25) is 4.90 Å². The first-order valence-electron chi connectivity index (χ1n) is 7.70. The molecular formula is C16H24FN3. The van der Waals surface area contributed by atoms with Crippen LogP contribution in [0.25, 0.3) is 0 Å². The molecule has 1 aromatic rings. The van der Waals surface area contributed by atoms with Crippen LogP contribution in [0.5, 0.6) is 0 Å². The summed E-state index contributed by atoms with van der Waals surface area (Å²) in [4.78, 5) is 4.75. The van der Waals surface area contributed by atoms with Crippen LogP contribution in [0, 0.1) is 11.7 Å². The number of benzene rings is 1. The molecule has 1 N–H and O–H groups in total. The minimum atomic E-state index is -0.103. The fraction of sp³-hybridized carbons (Fsp3) is 0.625. The Morgan fingerprint density at radius 3 is 2.60 bits per heavy atom. The first-order valence-corrected chi connectivity index (χ1v) is 7.70. The monoisotopic (exact) mass is 277 g/mol. The Kier molecular flexibility index (Phi) is 4.22. The number of halogens is 1. The van der Waals surface area contributed by atoms with E-state index < -0.39 is 0 Å². The quantitative estimate of drug-likeness (QED) is 0.891. The van der Waals surface area contributed by atoms with Gasteiger partial charge >= 0.3 is 0 Å². The lowest BCUT2D eigenvalue weighted by molar-refractivity contribution is 0.116. The van der Waals surface area contributed by atoms with Gasteiger partial charge in [-0.1, -0.05) is 19.1 Å². The molecule has 0 aliphatic carbocycles. The van der Waals surface area contributed by atoms with Gasteiger partial charge in [-0.2, -0.15) is 0 Å². The Bertz CT molecular complexity index is 443. The van der Waals surface area contributed by atoms with Gasteiger partial charge in [0.2, 0.25) is 0 Å². The van der Waals surface area contributed by atoms with Crippen molar-refractivity contribution in [2.24, 2.45) is 5.92 Å². The molecule has 0 amide bonds. The maximum absolute atomic E-state index is 13.8. The number of para-hydroxylation sites is 1. The molecule has 2 saturated heterocycles. The molecule has 0 saturated carbocycles. The Morgan fingerprint density at radius 1 is 1.15 bits per heavy atom. The van der Waals surface area contributed by atoms with E-state index in [2.05, 4.69) is 22.0 Å². The van der Waals surface area contributed by atoms with E-state index in [1.807, 2.05) is 12.1 Å². The molecule has 110 valence electrons. The summed E-state index contributed by atoms with van der Waals surface area (Å²) in [6.45, 7) is 8.51. The zero-order chi connectivity index (χ0) is 13.9. The van der Waals surface area contributed by atoms with Crippen molar-refractivity contribution in [2.75, 3.05) is 44.2 Å². The Labute approximate surface area is 120 Å². The number of anilines is 1. The Morgan fingerprint density at radius 2 is 1.90 bits per heavy atom. The molecule has 0 aromatic heterocycles. The molecule has 2 fully saturated rings. The van der Waals surface area contributed by atoms with E-state index in [9.17, 15) is 4.39 Å². The number of nitrogens with one attached hydrogen (secondary N) is 1. The standard InChI is InChI=1S/C16H24FN3/c1-13-6-7-18-12-16(13)20-10-8-19(9-11-20)15-5-3-2-4-14(15)17/h2-5,13,16,18H,6-12H2,1H3. The molecule has 2 heterocycles. The number of rotatable bonds is 2. The van der Waals surface area contributed by atoms with Crippen LogP contribution in [0.4, 0.5) is 10.1 Å². The van der Waals surface area contributed by atoms with Crippen LogP contribution in [0.2, 0.25) is 0 Å². The summed E-state index contributed by atoms with van der Waals surface area (Å²) in [6.07, 6.45) is 1.26. The third-order valence-electron chi connectivity index (χ3n) is 4.76. The SMILES string of the molecule is CC1CCNCC1N1CCN(c2ccccc2F)CC1. The minimum Gasteiger partial charge on any atom is -0.367 e. The molecule has 1 aromatic carbocycles. The number of nitrogens with zero attached hydrogens (tertiary/aromatic N) is 2. The highest BCUT2D eigenvalue weighted by atomic mass is 19.1. The Hall–Kier alpha value is -1.13. The average Bonchev–Trinajstić information content (AvgIpc) is 2.49. The summed E-state index contributed by atoms with van der Waals surface area (Å²) < 4.78 is 13.8. The lowest BCUT2D eigenvalue weighted by atomic mass is 9.93. The second-order valence-electron chi connectivity index (χ2n) is 6.01. The number of piperidine rings is 1. The van der Waals surface area contributed by atoms with E-state index in [1.54, 1.807) is 12.1 Å². The summed E-state index contributed by atoms with van der Waals surface area (Å²) in [7, 11) is 0. The van der Waals surface area contributed by atoms with E-state index >= 15 is 0 Å². The molecular weight excluding hydrogens is 253 g/mol. The number of hydrogen-bond donors (Lipinski definition) is 1. The molecule has 4 heteroatoms. The molecule has 2 aliphatic rings. The molecule has 2 unspecified atom stereocenters. The molecule has 0 spiro atoms. The maximum Gasteiger partial charge on any atom is 0.146 e. The van der Waals surface area contributed by atoms with Gasteiger partial charge in [0.15, 0.2) is 0 Å². The molecule has 20 heavy (non-hydrogen) atoms. The third-order valence-corrected chi connectivity index (χ3v) is 4.76. The molecule has 2 atom stereocenters. The van der Waals surface area contributed by atoms with E-state index in [1.165, 1.54) is 6.42 Å². The predicted octanol–water partition coefficient (Wildman–Crippen LogP) is 1.95. The fourth-order valence-corrected chi connectivity index (χ4v) is 3.46. The van der Waals surface area contributed by atoms with E-state index in [-0.39, 0.29) is 5.82 Å². The van der Waals surface area contributed by atoms with Crippen molar-refractivity contribution in [3.63, 3.8) is 0 Å². The second-order valence-corrected chi connectivity index (χ2v) is 6.01. The van der Waals surface area contributed by atoms with Crippen molar-refractivity contribution in [3.05, 3.63) is 30.1 Å². The van der Waals surface area contributed by atoms with E-state index in [0.717, 1.165) is 50.9 Å². The summed E-state index contributed by atoms with van der Waals surface area (Å²) in [5, 5.41) is 3.50. The molecule has 0 bridgehead atoms. The lowest BCUT2D eigenvalue weighted by Crippen LogP contribution is -2.57. The van der Waals surface area contributed by atoms with Crippen LogP contribution in [0.1, 0.15) is 13.3 Å². The molecule has 0 radical (unpaired) electrons. The average molecular weight is 277 g/mol. The van der Waals surface area contributed by atoms with Crippen molar-refractivity contribution < 1.29 is 4.39 Å². The van der Waals surface area contributed by atoms with Crippen LogP contribution >= 0.6 is 0 Å². The van der Waals surface area contributed by atoms with Crippen LogP contribution < -0.4 is 10.2 Å². The van der Waals surface area contributed by atoms with Crippen molar-refractivity contribution in [1.82, 2.24) is 10.2 Å². The third kappa shape index (κ3) is 2.81. The zero-order valence-corrected chi connectivity index (χ0v) is 12.2. The van der Waals surface area contributed by atoms with Crippen molar-refractivity contribution in [3.8, 4) is 0 Å². The first kappa shape index (κ1) is 13.8. The van der Waals surface area contributed by atoms with E-state index in [0.29, 0.717) is 6.04 Å². The van der Waals surface area contributed by atoms with Gasteiger partial charge in [-0.05, 0) is 31.0 Å². The number of piperazine rings is 1. The summed E-state index contributed by atoms with van der Waals surface area (Å²) in [6, 6.07) is 7.75. The van der Waals surface area contributed by atoms with Crippen molar-refractivity contribution in [2.45, 2.75) is 19.4 Å². The van der Waals surface area contributed by atoms with Crippen LogP contribution in [0.15, 0.2) is 24.3 Å². The minimum absolute atomic E-state index is 0.103. The normalized spacial score (nSPS) is 28.6. The fourth-order valence-electron chi connectivity index (χ4n) is 3.46. The highest BCUT2D eigenvalue weighted by Gasteiger charge is 2.29. The topological polar surface area (TPSA) is 18.5 Å². The smallest absolute Gasteiger partial charge is 0.146 e.